The van der Waals surface area contributed by atoms with Crippen LogP contribution in [0.2, 0.25) is 0 Å². The first-order valence-electron chi connectivity index (χ1n) is 9.08. The number of hydrogen-bond acceptors (Lipinski definition) is 6. The first kappa shape index (κ1) is 18.9. The second-order valence-corrected chi connectivity index (χ2v) is 6.63. The summed E-state index contributed by atoms with van der Waals surface area (Å²) in [6, 6.07) is 6.94. The van der Waals surface area contributed by atoms with E-state index in [1.807, 2.05) is 0 Å². The number of aliphatic carboxylic acids is 1. The lowest BCUT2D eigenvalue weighted by Crippen LogP contribution is -2.44. The van der Waals surface area contributed by atoms with Crippen molar-refractivity contribution in [1.82, 2.24) is 15.0 Å². The number of rotatable bonds is 7. The van der Waals surface area contributed by atoms with E-state index in [0.29, 0.717) is 36.0 Å². The van der Waals surface area contributed by atoms with Gasteiger partial charge in [0.15, 0.2) is 6.61 Å². The highest BCUT2D eigenvalue weighted by atomic mass is 16.5. The van der Waals surface area contributed by atoms with Gasteiger partial charge in [-0.2, -0.15) is 4.98 Å². The molecular formula is C19H23N3O5. The number of ether oxygens (including phenoxy) is 1. The Balaban J connectivity index is 1.66. The van der Waals surface area contributed by atoms with Gasteiger partial charge in [-0.05, 0) is 43.9 Å². The molecule has 1 aromatic carbocycles. The Morgan fingerprint density at radius 1 is 1.37 bits per heavy atom. The molecule has 1 aromatic heterocycles. The third-order valence-corrected chi connectivity index (χ3v) is 4.60. The van der Waals surface area contributed by atoms with Crippen LogP contribution in [0.4, 0.5) is 0 Å². The molecule has 1 amide bonds. The van der Waals surface area contributed by atoms with E-state index in [1.54, 1.807) is 36.1 Å². The monoisotopic (exact) mass is 373 g/mol. The van der Waals surface area contributed by atoms with Crippen molar-refractivity contribution >= 4 is 11.9 Å². The maximum atomic E-state index is 13.0. The summed E-state index contributed by atoms with van der Waals surface area (Å²) in [5, 5.41) is 12.7. The molecule has 0 saturated carbocycles. The number of hydrogen-bond donors (Lipinski definition) is 1. The van der Waals surface area contributed by atoms with Gasteiger partial charge in [0, 0.05) is 31.5 Å². The summed E-state index contributed by atoms with van der Waals surface area (Å²) in [7, 11) is 0. The van der Waals surface area contributed by atoms with Gasteiger partial charge in [0.2, 0.25) is 11.7 Å². The predicted octanol–water partition coefficient (Wildman–Crippen LogP) is 2.82. The Bertz CT molecular complexity index is 804. The largest absolute Gasteiger partial charge is 0.485 e. The maximum Gasteiger partial charge on any atom is 0.303 e. The van der Waals surface area contributed by atoms with Crippen molar-refractivity contribution in [3.8, 4) is 5.75 Å². The van der Waals surface area contributed by atoms with Gasteiger partial charge in [0.05, 0.1) is 0 Å². The van der Waals surface area contributed by atoms with E-state index in [2.05, 4.69) is 10.1 Å². The van der Waals surface area contributed by atoms with Crippen molar-refractivity contribution in [2.75, 3.05) is 6.54 Å². The molecular weight excluding hydrogens is 350 g/mol. The second-order valence-electron chi connectivity index (χ2n) is 6.63. The summed E-state index contributed by atoms with van der Waals surface area (Å²) in [6.45, 7) is 2.51. The van der Waals surface area contributed by atoms with Crippen molar-refractivity contribution in [3.05, 3.63) is 41.5 Å². The van der Waals surface area contributed by atoms with Gasteiger partial charge >= 0.3 is 5.97 Å². The van der Waals surface area contributed by atoms with Gasteiger partial charge in [0.1, 0.15) is 5.75 Å². The number of carboxylic acid groups (broad SMARTS) is 1. The van der Waals surface area contributed by atoms with Gasteiger partial charge in [-0.25, -0.2) is 0 Å². The number of carbonyl (C=O) groups excluding carboxylic acids is 1. The summed E-state index contributed by atoms with van der Waals surface area (Å²) < 4.78 is 10.6. The Morgan fingerprint density at radius 2 is 2.22 bits per heavy atom. The molecule has 0 bridgehead atoms. The van der Waals surface area contributed by atoms with Crippen LogP contribution in [0.3, 0.4) is 0 Å². The molecule has 1 unspecified atom stereocenters. The lowest BCUT2D eigenvalue weighted by molar-refractivity contribution is -0.137. The van der Waals surface area contributed by atoms with E-state index < -0.39 is 5.97 Å². The minimum Gasteiger partial charge on any atom is -0.485 e. The molecule has 2 aromatic rings. The Morgan fingerprint density at radius 3 is 2.96 bits per heavy atom. The molecule has 1 saturated heterocycles. The first-order valence-corrected chi connectivity index (χ1v) is 9.08. The van der Waals surface area contributed by atoms with Crippen LogP contribution >= 0.6 is 0 Å². The van der Waals surface area contributed by atoms with E-state index in [0.717, 1.165) is 19.3 Å². The molecule has 0 spiro atoms. The maximum absolute atomic E-state index is 13.0. The number of piperidine rings is 1. The van der Waals surface area contributed by atoms with Crippen LogP contribution in [0.1, 0.15) is 54.2 Å². The van der Waals surface area contributed by atoms with Gasteiger partial charge in [-0.15, -0.1) is 0 Å². The highest BCUT2D eigenvalue weighted by Gasteiger charge is 2.28. The zero-order valence-electron chi connectivity index (χ0n) is 15.3. The summed E-state index contributed by atoms with van der Waals surface area (Å²) in [5.74, 6) is 0.525. The Kier molecular flexibility index (Phi) is 6.05. The van der Waals surface area contributed by atoms with Gasteiger partial charge in [-0.1, -0.05) is 11.2 Å². The zero-order valence-corrected chi connectivity index (χ0v) is 15.3. The highest BCUT2D eigenvalue weighted by Crippen LogP contribution is 2.24. The predicted molar refractivity (Wildman–Crippen MR) is 95.4 cm³/mol. The molecule has 1 aliphatic heterocycles. The minimum absolute atomic E-state index is 0.0331. The number of carboxylic acids is 1. The molecule has 1 aliphatic rings. The lowest BCUT2D eigenvalue weighted by atomic mass is 9.97. The quantitative estimate of drug-likeness (QED) is 0.795. The topological polar surface area (TPSA) is 106 Å². The fourth-order valence-electron chi connectivity index (χ4n) is 3.29. The standard InChI is InChI=1S/C19H23N3O5/c1-13-20-17(21-27-13)12-26-16-7-4-5-14(11-16)19(25)22-10-3-2-6-15(22)8-9-18(23)24/h4-5,7,11,15H,2-3,6,8-10,12H2,1H3,(H,23,24). The van der Waals surface area contributed by atoms with Crippen LogP contribution in [0.25, 0.3) is 0 Å². The number of carbonyl (C=O) groups is 2. The minimum atomic E-state index is -0.833. The smallest absolute Gasteiger partial charge is 0.303 e. The van der Waals surface area contributed by atoms with Crippen LogP contribution in [0.15, 0.2) is 28.8 Å². The van der Waals surface area contributed by atoms with Crippen LogP contribution < -0.4 is 4.74 Å². The number of aryl methyl sites for hydroxylation is 1. The van der Waals surface area contributed by atoms with Crippen molar-refractivity contribution in [3.63, 3.8) is 0 Å². The SMILES string of the molecule is Cc1nc(COc2cccc(C(=O)N3CCCCC3CCC(=O)O)c2)no1. The Labute approximate surface area is 157 Å². The number of benzene rings is 1. The number of aromatic nitrogens is 2. The number of amides is 1. The summed E-state index contributed by atoms with van der Waals surface area (Å²) in [4.78, 5) is 29.7. The molecule has 1 N–H and O–H groups in total. The van der Waals surface area contributed by atoms with Crippen molar-refractivity contribution in [1.29, 1.82) is 0 Å². The van der Waals surface area contributed by atoms with E-state index >= 15 is 0 Å². The van der Waals surface area contributed by atoms with Crippen LogP contribution in [0, 0.1) is 6.92 Å². The van der Waals surface area contributed by atoms with E-state index in [1.165, 1.54) is 0 Å². The third kappa shape index (κ3) is 5.06. The summed E-state index contributed by atoms with van der Waals surface area (Å²) >= 11 is 0. The van der Waals surface area contributed by atoms with Crippen LogP contribution in [-0.2, 0) is 11.4 Å². The summed E-state index contributed by atoms with van der Waals surface area (Å²) in [6.07, 6.45) is 3.34. The first-order chi connectivity index (χ1) is 13.0. The molecule has 1 fully saturated rings. The van der Waals surface area contributed by atoms with Crippen LogP contribution in [0.5, 0.6) is 5.75 Å². The van der Waals surface area contributed by atoms with Crippen molar-refractivity contribution in [2.45, 2.75) is 51.7 Å². The molecule has 8 nitrogen and oxygen atoms in total. The van der Waals surface area contributed by atoms with E-state index in [-0.39, 0.29) is 25.0 Å². The van der Waals surface area contributed by atoms with E-state index in [9.17, 15) is 9.59 Å². The Hall–Kier alpha value is -2.90. The molecule has 1 atom stereocenters. The average molecular weight is 373 g/mol. The van der Waals surface area contributed by atoms with Crippen molar-refractivity contribution in [2.24, 2.45) is 0 Å². The second kappa shape index (κ2) is 8.66. The fourth-order valence-corrected chi connectivity index (χ4v) is 3.29. The fraction of sp³-hybridized carbons (Fsp3) is 0.474. The average Bonchev–Trinajstić information content (AvgIpc) is 3.10. The van der Waals surface area contributed by atoms with Crippen LogP contribution in [-0.4, -0.2) is 44.6 Å². The zero-order chi connectivity index (χ0) is 19.2. The van der Waals surface area contributed by atoms with E-state index in [4.69, 9.17) is 14.4 Å². The third-order valence-electron chi connectivity index (χ3n) is 4.60. The number of nitrogens with zero attached hydrogens (tertiary/aromatic N) is 3. The lowest BCUT2D eigenvalue weighted by Gasteiger charge is -2.35. The van der Waals surface area contributed by atoms with Gasteiger partial charge in [-0.3, -0.25) is 9.59 Å². The molecule has 3 rings (SSSR count). The highest BCUT2D eigenvalue weighted by molar-refractivity contribution is 5.95. The van der Waals surface area contributed by atoms with Crippen molar-refractivity contribution < 1.29 is 24.0 Å². The normalized spacial score (nSPS) is 16.9. The summed E-state index contributed by atoms with van der Waals surface area (Å²) in [5.41, 5.74) is 0.527. The molecule has 144 valence electrons. The molecule has 8 heteroatoms. The number of likely N-dealkylation sites (tertiary alicyclic amines) is 1. The molecule has 2 heterocycles. The van der Waals surface area contributed by atoms with Gasteiger partial charge in [0.25, 0.3) is 5.91 Å². The molecule has 0 aliphatic carbocycles. The van der Waals surface area contributed by atoms with Gasteiger partial charge < -0.3 is 19.3 Å². The molecule has 0 radical (unpaired) electrons. The molecule has 27 heavy (non-hydrogen) atoms.